The van der Waals surface area contributed by atoms with Gasteiger partial charge in [0.1, 0.15) is 18.4 Å². The molecule has 7 aliphatic heterocycles. The third-order valence-electron chi connectivity index (χ3n) is 11.9. The molecule has 2 fully saturated rings. The van der Waals surface area contributed by atoms with Crippen LogP contribution >= 0.6 is 11.8 Å². The standard InChI is InChI=1S/C39H40N4O10S/c1-16-8-20-9-22-23(12-40)43-24-13-50-38(47)39(21-11-26(48-4)25(45)10-19(21)6-7-41-39)14-54-37(31(43)30(42-22)27(20)32(46)33(16)49-5)29-28(24)36-35(51-15-52-36)17(2)34(29)53-18(3)44/h8,10-11,22-24,30-31,37,41-42,45-46H,6-7,9,13-15H2,1-5H3/t22-,23+,24+,30-,31-,37-,39-/m1/s1. The number of nitrogens with one attached hydrogen (secondary N) is 2. The fourth-order valence-electron chi connectivity index (χ4n) is 9.79. The Morgan fingerprint density at radius 2 is 1.85 bits per heavy atom. The van der Waals surface area contributed by atoms with Gasteiger partial charge in [0.2, 0.25) is 6.79 Å². The number of carbonyl (C=O) groups excluding carboxylic acids is 2. The van der Waals surface area contributed by atoms with Crippen LogP contribution in [-0.4, -0.2) is 85.1 Å². The predicted octanol–water partition coefficient (Wildman–Crippen LogP) is 3.64. The first-order valence-electron chi connectivity index (χ1n) is 17.9. The lowest BCUT2D eigenvalue weighted by Crippen LogP contribution is -2.69. The van der Waals surface area contributed by atoms with E-state index in [0.29, 0.717) is 70.2 Å². The van der Waals surface area contributed by atoms with E-state index >= 15 is 0 Å². The van der Waals surface area contributed by atoms with Crippen LogP contribution in [0.15, 0.2) is 18.2 Å². The molecular formula is C39H40N4O10S. The van der Waals surface area contributed by atoms with Crippen LogP contribution in [0.2, 0.25) is 0 Å². The molecule has 1 spiro atoms. The number of aromatic hydroxyl groups is 2. The number of phenols is 2. The predicted molar refractivity (Wildman–Crippen MR) is 193 cm³/mol. The lowest BCUT2D eigenvalue weighted by Gasteiger charge is -2.59. The minimum absolute atomic E-state index is 0.0248. The Labute approximate surface area is 315 Å². The number of methoxy groups -OCH3 is 2. The van der Waals surface area contributed by atoms with Gasteiger partial charge >= 0.3 is 11.9 Å². The van der Waals surface area contributed by atoms with Gasteiger partial charge in [0, 0.05) is 53.6 Å². The number of nitrogens with zero attached hydrogens (tertiary/aromatic N) is 2. The number of phenolic OH excluding ortho intramolecular Hbond substituents is 2. The lowest BCUT2D eigenvalue weighted by molar-refractivity contribution is -0.155. The summed E-state index contributed by atoms with van der Waals surface area (Å²) < 4.78 is 35.9. The van der Waals surface area contributed by atoms with Crippen molar-refractivity contribution in [3.05, 3.63) is 62.7 Å². The molecule has 4 bridgehead atoms. The van der Waals surface area contributed by atoms with Crippen LogP contribution in [0.5, 0.6) is 40.2 Å². The normalized spacial score (nSPS) is 28.9. The van der Waals surface area contributed by atoms with Crippen molar-refractivity contribution in [2.45, 2.75) is 74.6 Å². The van der Waals surface area contributed by atoms with Gasteiger partial charge in [-0.2, -0.15) is 5.26 Å². The molecule has 3 aromatic rings. The zero-order valence-corrected chi connectivity index (χ0v) is 31.2. The molecule has 54 heavy (non-hydrogen) atoms. The fourth-order valence-corrected chi connectivity index (χ4v) is 11.5. The number of hydrogen-bond donors (Lipinski definition) is 4. The summed E-state index contributed by atoms with van der Waals surface area (Å²) in [5.41, 5.74) is 4.33. The highest BCUT2D eigenvalue weighted by Gasteiger charge is 2.60. The molecule has 3 aromatic carbocycles. The molecule has 4 N–H and O–H groups in total. The van der Waals surface area contributed by atoms with E-state index < -0.39 is 46.9 Å². The van der Waals surface area contributed by atoms with Gasteiger partial charge in [0.05, 0.1) is 37.6 Å². The summed E-state index contributed by atoms with van der Waals surface area (Å²) in [5, 5.41) is 40.3. The molecule has 0 amide bonds. The molecule has 7 heterocycles. The second kappa shape index (κ2) is 12.6. The Balaban J connectivity index is 1.32. The van der Waals surface area contributed by atoms with Gasteiger partial charge in [-0.3, -0.25) is 15.0 Å². The number of thioether (sulfide) groups is 1. The first kappa shape index (κ1) is 34.9. The smallest absolute Gasteiger partial charge is 0.331 e. The SMILES string of the molecule is COc1cc2c(cc1O)CCN[C@]21CS[C@@H]2c3c(OC(C)=O)c(C)c4c(c3[C@H](COC1=O)N1[C@@H]2[C@@H]2N[C@H](Cc3cc(C)c(OC)c(O)c32)[C@@H]1C#N)OCO4. The minimum Gasteiger partial charge on any atom is -0.504 e. The van der Waals surface area contributed by atoms with E-state index in [2.05, 4.69) is 21.6 Å². The second-order valence-corrected chi connectivity index (χ2v) is 15.8. The van der Waals surface area contributed by atoms with Gasteiger partial charge in [-0.15, -0.1) is 11.8 Å². The molecule has 0 unspecified atom stereocenters. The minimum atomic E-state index is -1.36. The average Bonchev–Trinajstić information content (AvgIpc) is 3.64. The van der Waals surface area contributed by atoms with Crippen molar-refractivity contribution >= 4 is 23.7 Å². The molecule has 0 aromatic heterocycles. The second-order valence-electron chi connectivity index (χ2n) is 14.7. The van der Waals surface area contributed by atoms with Crippen molar-refractivity contribution in [1.82, 2.24) is 15.5 Å². The van der Waals surface area contributed by atoms with E-state index in [1.165, 1.54) is 32.9 Å². The quantitative estimate of drug-likeness (QED) is 0.225. The number of fused-ring (bicyclic) bond motifs is 9. The number of nitriles is 1. The Bertz CT molecular complexity index is 2190. The summed E-state index contributed by atoms with van der Waals surface area (Å²) in [6, 6.07) is 5.06. The van der Waals surface area contributed by atoms with E-state index in [-0.39, 0.29) is 42.4 Å². The number of esters is 2. The highest BCUT2D eigenvalue weighted by molar-refractivity contribution is 7.99. The summed E-state index contributed by atoms with van der Waals surface area (Å²) in [5.74, 6) is 0.913. The number of piperazine rings is 1. The molecule has 0 radical (unpaired) electrons. The summed E-state index contributed by atoms with van der Waals surface area (Å²) in [6.07, 6.45) is 1.03. The van der Waals surface area contributed by atoms with E-state index in [1.54, 1.807) is 12.1 Å². The first-order chi connectivity index (χ1) is 26.0. The third kappa shape index (κ3) is 4.76. The summed E-state index contributed by atoms with van der Waals surface area (Å²) in [4.78, 5) is 29.7. The first-order valence-corrected chi connectivity index (χ1v) is 19.0. The Hall–Kier alpha value is -4.88. The van der Waals surface area contributed by atoms with Gasteiger partial charge < -0.3 is 44.0 Å². The van der Waals surface area contributed by atoms with Crippen LogP contribution in [0.4, 0.5) is 0 Å². The molecule has 0 saturated carbocycles. The fraction of sp³-hybridized carbons (Fsp3) is 0.462. The Kier molecular flexibility index (Phi) is 8.13. The van der Waals surface area contributed by atoms with Gasteiger partial charge in [-0.1, -0.05) is 6.07 Å². The Morgan fingerprint density at radius 3 is 2.59 bits per heavy atom. The van der Waals surface area contributed by atoms with Crippen molar-refractivity contribution in [3.63, 3.8) is 0 Å². The monoisotopic (exact) mass is 756 g/mol. The number of hydrogen-bond acceptors (Lipinski definition) is 15. The largest absolute Gasteiger partial charge is 0.504 e. The molecule has 2 saturated heterocycles. The molecule has 7 aliphatic rings. The molecule has 10 rings (SSSR count). The van der Waals surface area contributed by atoms with Gasteiger partial charge in [-0.25, -0.2) is 4.79 Å². The molecular weight excluding hydrogens is 717 g/mol. The van der Waals surface area contributed by atoms with E-state index in [1.807, 2.05) is 19.9 Å². The number of benzene rings is 3. The van der Waals surface area contributed by atoms with E-state index in [0.717, 1.165) is 16.7 Å². The van der Waals surface area contributed by atoms with Crippen molar-refractivity contribution in [3.8, 4) is 46.3 Å². The van der Waals surface area contributed by atoms with Crippen LogP contribution in [0, 0.1) is 25.2 Å². The average molecular weight is 757 g/mol. The summed E-state index contributed by atoms with van der Waals surface area (Å²) in [6.45, 7) is 5.25. The highest BCUT2D eigenvalue weighted by Crippen LogP contribution is 2.63. The zero-order chi connectivity index (χ0) is 37.8. The topological polar surface area (TPSA) is 181 Å². The van der Waals surface area contributed by atoms with Crippen LogP contribution in [0.25, 0.3) is 0 Å². The molecule has 0 aliphatic carbocycles. The molecule has 282 valence electrons. The van der Waals surface area contributed by atoms with Crippen molar-refractivity contribution in [2.75, 3.05) is 39.9 Å². The highest BCUT2D eigenvalue weighted by atomic mass is 32.2. The molecule has 7 atom stereocenters. The lowest BCUT2D eigenvalue weighted by atomic mass is 9.72. The van der Waals surface area contributed by atoms with Crippen molar-refractivity contribution < 1.29 is 48.2 Å². The third-order valence-corrected chi connectivity index (χ3v) is 13.4. The van der Waals surface area contributed by atoms with Crippen LogP contribution in [0.3, 0.4) is 0 Å². The van der Waals surface area contributed by atoms with Crippen LogP contribution in [0.1, 0.15) is 68.8 Å². The van der Waals surface area contributed by atoms with Crippen molar-refractivity contribution in [1.29, 1.82) is 5.26 Å². The molecule has 15 heteroatoms. The van der Waals surface area contributed by atoms with E-state index in [4.69, 9.17) is 28.4 Å². The van der Waals surface area contributed by atoms with Crippen molar-refractivity contribution in [2.24, 2.45) is 0 Å². The zero-order valence-electron chi connectivity index (χ0n) is 30.4. The van der Waals surface area contributed by atoms with Crippen LogP contribution < -0.4 is 34.3 Å². The van der Waals surface area contributed by atoms with Crippen LogP contribution in [-0.2, 0) is 32.7 Å². The number of ether oxygens (including phenoxy) is 6. The summed E-state index contributed by atoms with van der Waals surface area (Å²) in [7, 11) is 2.99. The maximum Gasteiger partial charge on any atom is 0.331 e. The number of rotatable bonds is 3. The summed E-state index contributed by atoms with van der Waals surface area (Å²) >= 11 is 1.46. The van der Waals surface area contributed by atoms with Gasteiger partial charge in [0.15, 0.2) is 40.0 Å². The van der Waals surface area contributed by atoms with Gasteiger partial charge in [0.25, 0.3) is 0 Å². The maximum atomic E-state index is 14.7. The van der Waals surface area contributed by atoms with Gasteiger partial charge in [-0.05, 0) is 61.1 Å². The number of carbonyl (C=O) groups is 2. The van der Waals surface area contributed by atoms with E-state index in [9.17, 15) is 25.1 Å². The molecule has 14 nitrogen and oxygen atoms in total. The Morgan fingerprint density at radius 1 is 1.06 bits per heavy atom. The number of aryl methyl sites for hydroxylation is 1. The maximum absolute atomic E-state index is 14.7.